The first kappa shape index (κ1) is 45.2. The maximum absolute atomic E-state index is 13.7. The van der Waals surface area contributed by atoms with Gasteiger partial charge in [-0.3, -0.25) is 4.79 Å². The molecule has 0 aliphatic rings. The van der Waals surface area contributed by atoms with Crippen LogP contribution in [0.15, 0.2) is 309 Å². The van der Waals surface area contributed by atoms with E-state index in [9.17, 15) is 4.79 Å². The molecule has 0 saturated heterocycles. The number of carbonyl (C=O) groups is 1. The highest BCUT2D eigenvalue weighted by Gasteiger charge is 2.29. The van der Waals surface area contributed by atoms with Crippen molar-refractivity contribution >= 4 is 85.8 Å². The molecule has 0 heterocycles. The van der Waals surface area contributed by atoms with Crippen molar-refractivity contribution in [1.29, 1.82) is 0 Å². The minimum absolute atomic E-state index is 0.0139. The summed E-state index contributed by atoms with van der Waals surface area (Å²) in [6.45, 7) is 0. The molecule has 11 aromatic carbocycles. The van der Waals surface area contributed by atoms with Gasteiger partial charge in [0.1, 0.15) is 0 Å². The molecule has 4 nitrogen and oxygen atoms in total. The fourth-order valence-electron chi connectivity index (χ4n) is 10.0. The van der Waals surface area contributed by atoms with Crippen molar-refractivity contribution in [2.75, 3.05) is 14.7 Å². The Bertz CT molecular complexity index is 3230. The molecule has 72 heavy (non-hydrogen) atoms. The standard InChI is InChI=1S/C67H51N3OSi/c71-67(52-22-8-1-9-23-52)53-36-48-65(49-37-53)72(63-32-18-6-19-33-63,64-34-20-7-21-35-64)66-50-46-62(47-51-66)70(60-42-38-58(39-43-60)68(54-24-10-2-11-25-54)55-26-12-3-13-27-55)61-44-40-59(41-45-61)69(56-28-14-4-15-29-56)57-30-16-5-17-31-57/h1-51H/q-1. The van der Waals surface area contributed by atoms with Crippen molar-refractivity contribution in [2.45, 2.75) is 0 Å². The van der Waals surface area contributed by atoms with Crippen LogP contribution in [0, 0.1) is 0 Å². The number of hydrogen-bond acceptors (Lipinski definition) is 4. The summed E-state index contributed by atoms with van der Waals surface area (Å²) in [5.74, 6) is 0.0139. The summed E-state index contributed by atoms with van der Waals surface area (Å²) in [6.07, 6.45) is 0. The van der Waals surface area contributed by atoms with Crippen molar-refractivity contribution in [1.82, 2.24) is 0 Å². The number of carbonyl (C=O) groups excluding carboxylic acids is 1. The first-order valence-electron chi connectivity index (χ1n) is 24.4. The minimum Gasteiger partial charge on any atom is -0.311 e. The molecule has 11 aromatic rings. The number of anilines is 9. The summed E-state index contributed by atoms with van der Waals surface area (Å²) in [7, 11) is -2.96. The smallest absolute Gasteiger partial charge is 0.193 e. The number of ketones is 1. The molecule has 345 valence electrons. The van der Waals surface area contributed by atoms with Gasteiger partial charge in [0.2, 0.25) is 0 Å². The summed E-state index contributed by atoms with van der Waals surface area (Å²) in [4.78, 5) is 20.7. The number of hydrogen-bond donors (Lipinski definition) is 0. The largest absolute Gasteiger partial charge is 0.311 e. The predicted molar refractivity (Wildman–Crippen MR) is 304 cm³/mol. The zero-order valence-electron chi connectivity index (χ0n) is 39.7. The zero-order valence-corrected chi connectivity index (χ0v) is 40.7. The van der Waals surface area contributed by atoms with Crippen LogP contribution in [0.25, 0.3) is 0 Å². The Hall–Kier alpha value is -9.29. The Morgan fingerprint density at radius 2 is 0.403 bits per heavy atom. The predicted octanol–water partition coefficient (Wildman–Crippen LogP) is 14.7. The highest BCUT2D eigenvalue weighted by atomic mass is 28.3. The third-order valence-electron chi connectivity index (χ3n) is 13.4. The van der Waals surface area contributed by atoms with Gasteiger partial charge in [0.15, 0.2) is 5.78 Å². The monoisotopic (exact) mass is 941 g/mol. The maximum atomic E-state index is 13.7. The highest BCUT2D eigenvalue weighted by Crippen LogP contribution is 2.41. The van der Waals surface area contributed by atoms with Gasteiger partial charge in [-0.2, -0.15) is 20.7 Å². The van der Waals surface area contributed by atoms with E-state index in [1.165, 1.54) is 20.7 Å². The molecule has 0 unspecified atom stereocenters. The lowest BCUT2D eigenvalue weighted by atomic mass is 10.0. The van der Waals surface area contributed by atoms with Crippen LogP contribution in [-0.2, 0) is 0 Å². The van der Waals surface area contributed by atoms with E-state index in [0.29, 0.717) is 11.1 Å². The number of para-hydroxylation sites is 4. The van der Waals surface area contributed by atoms with E-state index in [1.54, 1.807) is 0 Å². The zero-order chi connectivity index (χ0) is 48.5. The van der Waals surface area contributed by atoms with Crippen LogP contribution in [-0.4, -0.2) is 13.9 Å². The van der Waals surface area contributed by atoms with Gasteiger partial charge in [-0.25, -0.2) is 0 Å². The Balaban J connectivity index is 1.04. The number of rotatable bonds is 15. The van der Waals surface area contributed by atoms with Crippen molar-refractivity contribution < 1.29 is 4.79 Å². The van der Waals surface area contributed by atoms with Gasteiger partial charge >= 0.3 is 0 Å². The molecule has 5 heteroatoms. The molecule has 0 spiro atoms. The summed E-state index contributed by atoms with van der Waals surface area (Å²) in [5.41, 5.74) is 10.9. The van der Waals surface area contributed by atoms with Crippen LogP contribution >= 0.6 is 0 Å². The topological polar surface area (TPSA) is 26.8 Å². The third kappa shape index (κ3) is 9.04. The van der Waals surface area contributed by atoms with Crippen LogP contribution in [0.5, 0.6) is 0 Å². The molecule has 0 N–H and O–H groups in total. The van der Waals surface area contributed by atoms with E-state index in [0.717, 1.165) is 51.2 Å². The molecule has 0 fully saturated rings. The van der Waals surface area contributed by atoms with Crippen LogP contribution < -0.4 is 35.4 Å². The van der Waals surface area contributed by atoms with Gasteiger partial charge in [0.25, 0.3) is 0 Å². The average molecular weight is 942 g/mol. The molecule has 0 aliphatic carbocycles. The van der Waals surface area contributed by atoms with E-state index >= 15 is 0 Å². The van der Waals surface area contributed by atoms with Crippen LogP contribution in [0.2, 0.25) is 0 Å². The van der Waals surface area contributed by atoms with E-state index in [4.69, 9.17) is 0 Å². The van der Waals surface area contributed by atoms with Crippen LogP contribution in [0.1, 0.15) is 15.9 Å². The van der Waals surface area contributed by atoms with Crippen molar-refractivity contribution in [2.24, 2.45) is 0 Å². The van der Waals surface area contributed by atoms with Gasteiger partial charge in [0.05, 0.1) is 0 Å². The van der Waals surface area contributed by atoms with Crippen molar-refractivity contribution in [3.05, 3.63) is 321 Å². The Morgan fingerprint density at radius 1 is 0.208 bits per heavy atom. The molecule has 0 atom stereocenters. The van der Waals surface area contributed by atoms with Gasteiger partial charge in [-0.1, -0.05) is 200 Å². The van der Waals surface area contributed by atoms with Crippen LogP contribution in [0.4, 0.5) is 51.2 Å². The lowest BCUT2D eigenvalue weighted by molar-refractivity contribution is 0.103. The van der Waals surface area contributed by atoms with Crippen molar-refractivity contribution in [3.63, 3.8) is 0 Å². The molecule has 0 radical (unpaired) electrons. The van der Waals surface area contributed by atoms with E-state index in [2.05, 4.69) is 282 Å². The lowest BCUT2D eigenvalue weighted by Crippen LogP contribution is -2.74. The average Bonchev–Trinajstić information content (AvgIpc) is 3.47. The Labute approximate surface area is 423 Å². The second kappa shape index (κ2) is 20.7. The second-order valence-electron chi connectivity index (χ2n) is 17.7. The minimum atomic E-state index is -2.96. The highest BCUT2D eigenvalue weighted by molar-refractivity contribution is 7.19. The molecule has 0 amide bonds. The summed E-state index contributed by atoms with van der Waals surface area (Å²) in [5, 5.41) is 4.95. The van der Waals surface area contributed by atoms with Gasteiger partial charge < -0.3 is 14.7 Å². The molecule has 0 aromatic heterocycles. The maximum Gasteiger partial charge on any atom is 0.193 e. The summed E-state index contributed by atoms with van der Waals surface area (Å²) in [6, 6.07) is 109. The molecular formula is C67H51N3OSi-. The van der Waals surface area contributed by atoms with E-state index in [-0.39, 0.29) is 5.78 Å². The molecule has 0 aliphatic heterocycles. The summed E-state index contributed by atoms with van der Waals surface area (Å²) >= 11 is 0. The lowest BCUT2D eigenvalue weighted by Gasteiger charge is -2.47. The normalized spacial score (nSPS) is 11.1. The number of nitrogens with zero attached hydrogens (tertiary/aromatic N) is 3. The van der Waals surface area contributed by atoms with Gasteiger partial charge in [0, 0.05) is 62.3 Å². The first-order valence-corrected chi connectivity index (χ1v) is 26.4. The Kier molecular flexibility index (Phi) is 13.0. The molecule has 0 bridgehead atoms. The second-order valence-corrected chi connectivity index (χ2v) is 21.5. The van der Waals surface area contributed by atoms with E-state index < -0.39 is 8.07 Å². The molecular weight excluding hydrogens is 891 g/mol. The van der Waals surface area contributed by atoms with E-state index in [1.807, 2.05) is 42.5 Å². The first-order chi connectivity index (χ1) is 35.6. The molecule has 11 rings (SSSR count). The van der Waals surface area contributed by atoms with Gasteiger partial charge in [-0.05, 0) is 117 Å². The third-order valence-corrected chi connectivity index (χ3v) is 18.2. The van der Waals surface area contributed by atoms with Crippen molar-refractivity contribution in [3.8, 4) is 0 Å². The quantitative estimate of drug-likeness (QED) is 0.0581. The fraction of sp³-hybridized carbons (Fsp3) is 0. The van der Waals surface area contributed by atoms with Crippen LogP contribution in [0.3, 0.4) is 0 Å². The Morgan fingerprint density at radius 3 is 0.694 bits per heavy atom. The summed E-state index contributed by atoms with van der Waals surface area (Å²) < 4.78 is 0. The van der Waals surface area contributed by atoms with Gasteiger partial charge in [-0.15, -0.1) is 0 Å². The number of benzene rings is 11. The SMILES string of the molecule is O=C(c1ccccc1)c1ccc([Si-](c2ccccc2)(c2ccccc2)c2ccc(N(c3ccc(N(c4ccccc4)c4ccccc4)cc3)c3ccc(N(c4ccccc4)c4ccccc4)cc3)cc2)cc1. The fourth-order valence-corrected chi connectivity index (χ4v) is 14.7. The molecule has 0 saturated carbocycles.